The van der Waals surface area contributed by atoms with Crippen LogP contribution in [-0.4, -0.2) is 9.13 Å². The first-order chi connectivity index (χ1) is 34.6. The molecule has 4 aromatic heterocycles. The van der Waals surface area contributed by atoms with E-state index in [9.17, 15) is 11.0 Å². The van der Waals surface area contributed by atoms with Crippen molar-refractivity contribution in [3.8, 4) is 33.6 Å². The Bertz CT molecular complexity index is 4630. The average molecular weight is 787 g/mol. The van der Waals surface area contributed by atoms with Crippen LogP contribution < -0.4 is 0 Å². The van der Waals surface area contributed by atoms with Gasteiger partial charge in [0.05, 0.1) is 41.3 Å². The lowest BCUT2D eigenvalue weighted by atomic mass is 9.99. The van der Waals surface area contributed by atoms with Crippen molar-refractivity contribution in [3.63, 3.8) is 0 Å². The standard InChI is InChI=1S/C54H32N2S2/c1-2-12-36(13-3-1)55-47-18-8-4-14-38(47)43-28-33(22-25-49(43)55)34-23-26-50-44(29-34)39-15-5-9-19-48(39)56(50)37-31-42(54-46(32-37)41-17-7-11-21-52(41)58-54)35-24-27-53-45(30-35)40-16-6-10-20-51(40)57-53/h1-32H/i4D,5D,8D,9D,14D,15D,18D,19D,22D,23D,25D,26D,28D,29D. The zero-order chi connectivity index (χ0) is 50.1. The maximum atomic E-state index is 10.1. The predicted molar refractivity (Wildman–Crippen MR) is 252 cm³/mol. The highest BCUT2D eigenvalue weighted by molar-refractivity contribution is 7.26. The molecule has 2 nitrogen and oxygen atoms in total. The van der Waals surface area contributed by atoms with Gasteiger partial charge in [0.2, 0.25) is 0 Å². The second kappa shape index (κ2) is 12.3. The Morgan fingerprint density at radius 3 is 1.60 bits per heavy atom. The van der Waals surface area contributed by atoms with Gasteiger partial charge in [-0.1, -0.05) is 109 Å². The van der Waals surface area contributed by atoms with Crippen LogP contribution in [0.5, 0.6) is 0 Å². The zero-order valence-corrected chi connectivity index (χ0v) is 31.7. The largest absolute Gasteiger partial charge is 0.309 e. The van der Waals surface area contributed by atoms with E-state index >= 15 is 0 Å². The van der Waals surface area contributed by atoms with Crippen LogP contribution in [0.3, 0.4) is 0 Å². The van der Waals surface area contributed by atoms with Gasteiger partial charge in [-0.3, -0.25) is 0 Å². The first-order valence-electron chi connectivity index (χ1n) is 25.6. The van der Waals surface area contributed by atoms with Crippen molar-refractivity contribution < 1.29 is 19.2 Å². The van der Waals surface area contributed by atoms with Crippen LogP contribution in [0.2, 0.25) is 0 Å². The molecule has 0 radical (unpaired) electrons. The highest BCUT2D eigenvalue weighted by Crippen LogP contribution is 2.45. The maximum Gasteiger partial charge on any atom is 0.0645 e. The molecule has 0 aliphatic heterocycles. The lowest BCUT2D eigenvalue weighted by Crippen LogP contribution is -1.95. The minimum atomic E-state index is -0.613. The summed E-state index contributed by atoms with van der Waals surface area (Å²) in [5, 5.41) is 3.49. The molecule has 0 saturated carbocycles. The van der Waals surface area contributed by atoms with E-state index in [4.69, 9.17) is 8.22 Å². The lowest BCUT2D eigenvalue weighted by molar-refractivity contribution is 1.18. The van der Waals surface area contributed by atoms with Crippen LogP contribution >= 0.6 is 22.7 Å². The first kappa shape index (κ1) is 21.5. The van der Waals surface area contributed by atoms with Crippen molar-refractivity contribution in [2.24, 2.45) is 0 Å². The molecule has 58 heavy (non-hydrogen) atoms. The number of hydrogen-bond donors (Lipinski definition) is 0. The van der Waals surface area contributed by atoms with Gasteiger partial charge >= 0.3 is 0 Å². The summed E-state index contributed by atoms with van der Waals surface area (Å²) >= 11 is 3.31. The number of aromatic nitrogens is 2. The van der Waals surface area contributed by atoms with Crippen molar-refractivity contribution >= 4 is 107 Å². The molecule has 13 aromatic rings. The fourth-order valence-corrected chi connectivity index (χ4v) is 10.7. The number of rotatable bonds is 4. The topological polar surface area (TPSA) is 9.86 Å². The Balaban J connectivity index is 1.17. The minimum Gasteiger partial charge on any atom is -0.309 e. The summed E-state index contributed by atoms with van der Waals surface area (Å²) in [7, 11) is 0. The zero-order valence-electron chi connectivity index (χ0n) is 44.1. The molecule has 0 saturated heterocycles. The predicted octanol–water partition coefficient (Wildman–Crippen LogP) is 16.0. The molecule has 4 heteroatoms. The number of para-hydroxylation sites is 3. The van der Waals surface area contributed by atoms with Crippen molar-refractivity contribution in [3.05, 3.63) is 194 Å². The number of fused-ring (bicyclic) bond motifs is 12. The highest BCUT2D eigenvalue weighted by atomic mass is 32.1. The van der Waals surface area contributed by atoms with Crippen molar-refractivity contribution in [2.75, 3.05) is 0 Å². The van der Waals surface area contributed by atoms with Gasteiger partial charge in [0.15, 0.2) is 0 Å². The fraction of sp³-hybridized carbons (Fsp3) is 0. The van der Waals surface area contributed by atoms with Gasteiger partial charge in [-0.2, -0.15) is 0 Å². The van der Waals surface area contributed by atoms with E-state index in [1.165, 1.54) is 9.13 Å². The van der Waals surface area contributed by atoms with Gasteiger partial charge in [-0.25, -0.2) is 0 Å². The fourth-order valence-electron chi connectivity index (χ4n) is 8.42. The summed E-state index contributed by atoms with van der Waals surface area (Å²) in [4.78, 5) is 0. The van der Waals surface area contributed by atoms with E-state index in [0.717, 1.165) is 51.5 Å². The Hall–Kier alpha value is -6.98. The van der Waals surface area contributed by atoms with Crippen molar-refractivity contribution in [1.29, 1.82) is 0 Å². The van der Waals surface area contributed by atoms with Gasteiger partial charge < -0.3 is 9.13 Å². The third-order valence-corrected chi connectivity index (χ3v) is 13.4. The second-order valence-electron chi connectivity index (χ2n) is 14.2. The molecular formula is C54H32N2S2. The summed E-state index contributed by atoms with van der Waals surface area (Å²) < 4.78 is 138. The van der Waals surface area contributed by atoms with E-state index in [1.54, 1.807) is 53.0 Å². The minimum absolute atomic E-state index is 0.0352. The molecule has 270 valence electrons. The SMILES string of the molecule is [2H]c1c([2H])c([2H])c2c(c1[2H])c1c([2H])c(-c3c([2H])c([2H])c4c(c3[2H])c3c([2H])c([2H])c([2H])c([2H])c3n4-c3cc(-c4ccc5sc6ccccc6c5c4)c4sc5ccccc5c4c3)c([2H])c([2H])c1n2-c1ccccc1. The van der Waals surface area contributed by atoms with Crippen molar-refractivity contribution in [2.45, 2.75) is 0 Å². The molecule has 0 aliphatic carbocycles. The van der Waals surface area contributed by atoms with E-state index < -0.39 is 95.7 Å². The summed E-state index contributed by atoms with van der Waals surface area (Å²) in [6.07, 6.45) is 0. The van der Waals surface area contributed by atoms with Crippen LogP contribution in [0.4, 0.5) is 0 Å². The molecular weight excluding hydrogens is 741 g/mol. The Labute approximate surface area is 361 Å². The summed E-state index contributed by atoms with van der Waals surface area (Å²) in [5.74, 6) is 0. The van der Waals surface area contributed by atoms with Gasteiger partial charge in [-0.05, 0) is 101 Å². The summed E-state index contributed by atoms with van der Waals surface area (Å²) in [6.45, 7) is 0. The first-order valence-corrected chi connectivity index (χ1v) is 20.2. The normalized spacial score (nSPS) is 15.5. The average Bonchev–Trinajstić information content (AvgIpc) is 4.16. The second-order valence-corrected chi connectivity index (χ2v) is 16.3. The van der Waals surface area contributed by atoms with E-state index in [2.05, 4.69) is 30.3 Å². The molecule has 0 bridgehead atoms. The van der Waals surface area contributed by atoms with Crippen LogP contribution in [0.25, 0.3) is 118 Å². The molecule has 0 fully saturated rings. The summed E-state index contributed by atoms with van der Waals surface area (Å²) in [5.41, 5.74) is 1.47. The highest BCUT2D eigenvalue weighted by Gasteiger charge is 2.19. The Morgan fingerprint density at radius 1 is 0.362 bits per heavy atom. The van der Waals surface area contributed by atoms with E-state index in [0.29, 0.717) is 11.4 Å². The molecule has 0 atom stereocenters. The van der Waals surface area contributed by atoms with E-state index in [1.807, 2.05) is 48.5 Å². The van der Waals surface area contributed by atoms with Gasteiger partial charge in [0.1, 0.15) is 0 Å². The molecule has 9 aromatic carbocycles. The number of thiophene rings is 2. The molecule has 13 rings (SSSR count). The van der Waals surface area contributed by atoms with Crippen LogP contribution in [0.1, 0.15) is 19.2 Å². The molecule has 0 amide bonds. The number of benzene rings is 9. The third kappa shape index (κ3) is 4.64. The van der Waals surface area contributed by atoms with Crippen LogP contribution in [0.15, 0.2) is 194 Å². The maximum absolute atomic E-state index is 10.1. The van der Waals surface area contributed by atoms with E-state index in [-0.39, 0.29) is 43.6 Å². The Kier molecular flexibility index (Phi) is 4.55. The molecule has 0 unspecified atom stereocenters. The van der Waals surface area contributed by atoms with Crippen LogP contribution in [-0.2, 0) is 0 Å². The number of nitrogens with zero attached hydrogens (tertiary/aromatic N) is 2. The lowest BCUT2D eigenvalue weighted by Gasteiger charge is -2.13. The smallest absolute Gasteiger partial charge is 0.0645 e. The molecule has 0 aliphatic rings. The molecule has 0 spiro atoms. The van der Waals surface area contributed by atoms with Gasteiger partial charge in [0, 0.05) is 78.8 Å². The quantitative estimate of drug-likeness (QED) is 0.168. The summed E-state index contributed by atoms with van der Waals surface area (Å²) in [6, 6.07) is 27.4. The molecule has 4 heterocycles. The number of hydrogen-bond acceptors (Lipinski definition) is 2. The van der Waals surface area contributed by atoms with Gasteiger partial charge in [0.25, 0.3) is 0 Å². The monoisotopic (exact) mass is 786 g/mol. The Morgan fingerprint density at radius 2 is 0.914 bits per heavy atom. The molecule has 0 N–H and O–H groups in total. The van der Waals surface area contributed by atoms with Crippen LogP contribution in [0, 0.1) is 0 Å². The van der Waals surface area contributed by atoms with Crippen molar-refractivity contribution in [1.82, 2.24) is 9.13 Å². The van der Waals surface area contributed by atoms with Gasteiger partial charge in [-0.15, -0.1) is 22.7 Å². The third-order valence-electron chi connectivity index (χ3n) is 11.0.